The van der Waals surface area contributed by atoms with Crippen LogP contribution in [-0.2, 0) is 14.6 Å². The molecule has 0 fully saturated rings. The summed E-state index contributed by atoms with van der Waals surface area (Å²) >= 11 is 0. The molecular formula is C29H27FN10O3S. The lowest BCUT2D eigenvalue weighted by Gasteiger charge is -2.12. The van der Waals surface area contributed by atoms with Gasteiger partial charge in [0, 0.05) is 41.5 Å². The number of rotatable bonds is 8. The van der Waals surface area contributed by atoms with Gasteiger partial charge in [-0.3, -0.25) is 19.9 Å². The fourth-order valence-electron chi connectivity index (χ4n) is 4.81. The van der Waals surface area contributed by atoms with Crippen molar-refractivity contribution in [3.63, 3.8) is 0 Å². The molecule has 0 saturated carbocycles. The Morgan fingerprint density at radius 3 is 2.61 bits per heavy atom. The number of anilines is 1. The van der Waals surface area contributed by atoms with Gasteiger partial charge in [-0.05, 0) is 56.1 Å². The first kappa shape index (κ1) is 29.0. The normalized spacial score (nSPS) is 12.7. The van der Waals surface area contributed by atoms with E-state index in [0.29, 0.717) is 50.5 Å². The van der Waals surface area contributed by atoms with E-state index in [2.05, 4.69) is 35.5 Å². The summed E-state index contributed by atoms with van der Waals surface area (Å²) in [5.41, 5.74) is 10.7. The van der Waals surface area contributed by atoms with Crippen LogP contribution in [0.15, 0.2) is 61.2 Å². The van der Waals surface area contributed by atoms with Crippen LogP contribution in [0.4, 0.5) is 10.1 Å². The zero-order valence-electron chi connectivity index (χ0n) is 23.8. The van der Waals surface area contributed by atoms with Gasteiger partial charge in [0.1, 0.15) is 22.4 Å². The number of aromatic nitrogens is 7. The molecule has 224 valence electrons. The number of nitrogens with zero attached hydrogens (tertiary/aromatic N) is 6. The molecule has 1 amide bonds. The van der Waals surface area contributed by atoms with Gasteiger partial charge in [0.15, 0.2) is 21.3 Å². The van der Waals surface area contributed by atoms with Crippen molar-refractivity contribution in [2.45, 2.75) is 5.37 Å². The lowest BCUT2D eigenvalue weighted by Crippen LogP contribution is -2.27. The standard InChI is InChI=1S/C29H27FN10O3S/c1-40(2)14-23(41)35-20-9-17(11-32-13-20)18-10-21-25(38-39-28(21)34-12-18)29-36-22-4-5-33-24(26(22)37-29)15-6-16(8-19(30)7-15)27(31)44(3,42)43/h4-13,27H,14,31H2,1-3H3,(H,35,41)(H,36,37)(H,34,38,39). The number of nitrogens with one attached hydrogen (secondary N) is 3. The van der Waals surface area contributed by atoms with Crippen LogP contribution >= 0.6 is 0 Å². The summed E-state index contributed by atoms with van der Waals surface area (Å²) in [7, 11) is -0.0460. The highest BCUT2D eigenvalue weighted by atomic mass is 32.2. The van der Waals surface area contributed by atoms with Crippen molar-refractivity contribution in [2.75, 3.05) is 32.2 Å². The van der Waals surface area contributed by atoms with Gasteiger partial charge in [0.25, 0.3) is 0 Å². The van der Waals surface area contributed by atoms with Crippen LogP contribution in [0.5, 0.6) is 0 Å². The van der Waals surface area contributed by atoms with E-state index in [4.69, 9.17) is 10.7 Å². The summed E-state index contributed by atoms with van der Waals surface area (Å²) in [6, 6.07) is 9.26. The summed E-state index contributed by atoms with van der Waals surface area (Å²) in [4.78, 5) is 35.2. The Morgan fingerprint density at radius 2 is 1.84 bits per heavy atom. The third-order valence-electron chi connectivity index (χ3n) is 6.84. The van der Waals surface area contributed by atoms with Gasteiger partial charge < -0.3 is 20.9 Å². The molecule has 1 unspecified atom stereocenters. The maximum atomic E-state index is 14.6. The number of aromatic amines is 2. The number of benzene rings is 1. The highest BCUT2D eigenvalue weighted by Gasteiger charge is 2.22. The van der Waals surface area contributed by atoms with Crippen LogP contribution in [0.25, 0.3) is 56.0 Å². The molecule has 0 saturated heterocycles. The van der Waals surface area contributed by atoms with E-state index < -0.39 is 21.0 Å². The van der Waals surface area contributed by atoms with Crippen molar-refractivity contribution in [3.05, 3.63) is 72.6 Å². The van der Waals surface area contributed by atoms with Gasteiger partial charge in [-0.25, -0.2) is 22.8 Å². The number of halogens is 1. The number of likely N-dealkylation sites (N-methyl/N-ethyl adjacent to an activating group) is 1. The Hall–Kier alpha value is -5.12. The first-order valence-corrected chi connectivity index (χ1v) is 15.3. The molecular weight excluding hydrogens is 587 g/mol. The summed E-state index contributed by atoms with van der Waals surface area (Å²) < 4.78 is 38.7. The SMILES string of the molecule is CN(C)CC(=O)Nc1cncc(-c2cnc3[nH]nc(-c4nc5c(-c6cc(F)cc(C(N)S(C)(=O)=O)c6)nccc5[nH]4)c3c2)c1. The minimum absolute atomic E-state index is 0.102. The average molecular weight is 615 g/mol. The van der Waals surface area contributed by atoms with Gasteiger partial charge in [-0.2, -0.15) is 5.10 Å². The maximum absolute atomic E-state index is 14.6. The number of H-pyrrole nitrogens is 2. The molecule has 0 spiro atoms. The second kappa shape index (κ2) is 11.2. The van der Waals surface area contributed by atoms with Crippen molar-refractivity contribution in [1.29, 1.82) is 0 Å². The van der Waals surface area contributed by atoms with Crippen molar-refractivity contribution >= 4 is 43.5 Å². The zero-order chi connectivity index (χ0) is 31.2. The van der Waals surface area contributed by atoms with Gasteiger partial charge in [0.05, 0.1) is 35.0 Å². The predicted octanol–water partition coefficient (Wildman–Crippen LogP) is 3.27. The first-order valence-electron chi connectivity index (χ1n) is 13.3. The average Bonchev–Trinajstić information content (AvgIpc) is 3.59. The van der Waals surface area contributed by atoms with Gasteiger partial charge in [-0.15, -0.1) is 0 Å². The van der Waals surface area contributed by atoms with Crippen molar-refractivity contribution in [1.82, 2.24) is 40.0 Å². The van der Waals surface area contributed by atoms with Crippen LogP contribution in [0.1, 0.15) is 10.9 Å². The fourth-order valence-corrected chi connectivity index (χ4v) is 5.45. The summed E-state index contributed by atoms with van der Waals surface area (Å²) in [5.74, 6) is -0.406. The largest absolute Gasteiger partial charge is 0.336 e. The quantitative estimate of drug-likeness (QED) is 0.198. The summed E-state index contributed by atoms with van der Waals surface area (Å²) in [5, 5.41) is 9.48. The zero-order valence-corrected chi connectivity index (χ0v) is 24.6. The van der Waals surface area contributed by atoms with Crippen molar-refractivity contribution in [3.8, 4) is 33.9 Å². The molecule has 0 aliphatic heterocycles. The Morgan fingerprint density at radius 1 is 1.05 bits per heavy atom. The second-order valence-corrected chi connectivity index (χ2v) is 12.8. The second-order valence-electron chi connectivity index (χ2n) is 10.6. The third-order valence-corrected chi connectivity index (χ3v) is 8.03. The molecule has 44 heavy (non-hydrogen) atoms. The van der Waals surface area contributed by atoms with Gasteiger partial charge >= 0.3 is 0 Å². The smallest absolute Gasteiger partial charge is 0.238 e. The molecule has 15 heteroatoms. The van der Waals surface area contributed by atoms with Gasteiger partial charge in [0.2, 0.25) is 5.91 Å². The molecule has 13 nitrogen and oxygen atoms in total. The highest BCUT2D eigenvalue weighted by molar-refractivity contribution is 7.90. The number of hydrogen-bond donors (Lipinski definition) is 4. The Labute approximate surface area is 250 Å². The predicted molar refractivity (Wildman–Crippen MR) is 164 cm³/mol. The maximum Gasteiger partial charge on any atom is 0.238 e. The van der Waals surface area contributed by atoms with Crippen LogP contribution in [0, 0.1) is 5.82 Å². The number of carbonyl (C=O) groups is 1. The molecule has 0 bridgehead atoms. The Balaban J connectivity index is 1.39. The number of nitrogens with two attached hydrogens (primary N) is 1. The molecule has 0 aliphatic carbocycles. The molecule has 0 radical (unpaired) electrons. The molecule has 6 aromatic rings. The van der Waals surface area contributed by atoms with E-state index in [-0.39, 0.29) is 18.0 Å². The number of carbonyl (C=O) groups excluding carboxylic acids is 1. The first-order chi connectivity index (χ1) is 21.0. The van der Waals surface area contributed by atoms with E-state index in [1.165, 1.54) is 12.1 Å². The third kappa shape index (κ3) is 5.75. The van der Waals surface area contributed by atoms with E-state index in [1.54, 1.807) is 35.8 Å². The highest BCUT2D eigenvalue weighted by Crippen LogP contribution is 2.33. The summed E-state index contributed by atoms with van der Waals surface area (Å²) in [6.07, 6.45) is 7.46. The van der Waals surface area contributed by atoms with Crippen LogP contribution in [0.2, 0.25) is 0 Å². The summed E-state index contributed by atoms with van der Waals surface area (Å²) in [6.45, 7) is 0.236. The monoisotopic (exact) mass is 614 g/mol. The van der Waals surface area contributed by atoms with E-state index in [0.717, 1.165) is 23.4 Å². The number of pyridine rings is 3. The molecule has 1 aromatic carbocycles. The van der Waals surface area contributed by atoms with Gasteiger partial charge in [-0.1, -0.05) is 0 Å². The Kier molecular flexibility index (Phi) is 7.36. The van der Waals surface area contributed by atoms with Crippen LogP contribution in [-0.4, -0.2) is 81.2 Å². The number of fused-ring (bicyclic) bond motifs is 2. The number of sulfone groups is 1. The molecule has 5 heterocycles. The van der Waals surface area contributed by atoms with Crippen LogP contribution in [0.3, 0.4) is 0 Å². The Bertz CT molecular complexity index is 2160. The molecule has 1 atom stereocenters. The lowest BCUT2D eigenvalue weighted by atomic mass is 10.1. The van der Waals surface area contributed by atoms with E-state index in [9.17, 15) is 17.6 Å². The molecule has 0 aliphatic rings. The minimum Gasteiger partial charge on any atom is -0.336 e. The van der Waals surface area contributed by atoms with Crippen LogP contribution < -0.4 is 11.1 Å². The van der Waals surface area contributed by atoms with Crippen molar-refractivity contribution in [2.24, 2.45) is 5.73 Å². The fraction of sp³-hybridized carbons (Fsp3) is 0.172. The molecule has 5 N–H and O–H groups in total. The molecule has 6 rings (SSSR count). The minimum atomic E-state index is -3.67. The van der Waals surface area contributed by atoms with E-state index in [1.807, 2.05) is 26.2 Å². The van der Waals surface area contributed by atoms with Crippen molar-refractivity contribution < 1.29 is 17.6 Å². The topological polar surface area (TPSA) is 189 Å². The number of hydrogen-bond acceptors (Lipinski definition) is 10. The number of amides is 1. The number of imidazole rings is 1. The molecule has 5 aromatic heterocycles. The van der Waals surface area contributed by atoms with E-state index >= 15 is 0 Å². The lowest BCUT2D eigenvalue weighted by molar-refractivity contribution is -0.116.